The van der Waals surface area contributed by atoms with Gasteiger partial charge >= 0.3 is 6.18 Å². The van der Waals surface area contributed by atoms with Crippen molar-refractivity contribution in [3.63, 3.8) is 0 Å². The van der Waals surface area contributed by atoms with Crippen molar-refractivity contribution >= 4 is 5.69 Å². The molecular formula is C8H7F3N2O2. The van der Waals surface area contributed by atoms with Crippen molar-refractivity contribution in [2.75, 3.05) is 0 Å². The average molecular weight is 220 g/mol. The van der Waals surface area contributed by atoms with Crippen molar-refractivity contribution in [2.24, 2.45) is 5.73 Å². The summed E-state index contributed by atoms with van der Waals surface area (Å²) in [5, 5.41) is 10.2. The zero-order chi connectivity index (χ0) is 11.6. The van der Waals surface area contributed by atoms with Crippen LogP contribution in [0.4, 0.5) is 18.9 Å². The maximum absolute atomic E-state index is 12.1. The number of nitrogens with two attached hydrogens (primary N) is 1. The molecular weight excluding hydrogens is 213 g/mol. The molecule has 0 amide bonds. The minimum absolute atomic E-state index is 0.201. The lowest BCUT2D eigenvalue weighted by atomic mass is 10.1. The standard InChI is InChI=1S/C8H7F3N2O2/c9-8(10,11)7(12)5-1-3-6(4-2-5)13(14)15/h1-4,7H,12H2/t7-/m0/s1. The van der Waals surface area contributed by atoms with E-state index in [0.717, 1.165) is 24.3 Å². The Morgan fingerprint density at radius 2 is 1.73 bits per heavy atom. The van der Waals surface area contributed by atoms with E-state index in [9.17, 15) is 23.3 Å². The van der Waals surface area contributed by atoms with Crippen LogP contribution in [-0.4, -0.2) is 11.1 Å². The van der Waals surface area contributed by atoms with Crippen LogP contribution in [0.5, 0.6) is 0 Å². The predicted octanol–water partition coefficient (Wildman–Crippen LogP) is 2.16. The lowest BCUT2D eigenvalue weighted by Gasteiger charge is -2.15. The second kappa shape index (κ2) is 3.85. The molecule has 7 heteroatoms. The minimum atomic E-state index is -4.55. The molecule has 15 heavy (non-hydrogen) atoms. The Kier molecular flexibility index (Phi) is 2.94. The van der Waals surface area contributed by atoms with E-state index in [4.69, 9.17) is 5.73 Å². The van der Waals surface area contributed by atoms with Gasteiger partial charge in [0.25, 0.3) is 5.69 Å². The molecule has 0 aliphatic heterocycles. The van der Waals surface area contributed by atoms with Gasteiger partial charge in [-0.15, -0.1) is 0 Å². The predicted molar refractivity (Wildman–Crippen MR) is 46.1 cm³/mol. The fourth-order valence-corrected chi connectivity index (χ4v) is 0.992. The summed E-state index contributed by atoms with van der Waals surface area (Å²) in [4.78, 5) is 9.54. The summed E-state index contributed by atoms with van der Waals surface area (Å²) in [7, 11) is 0. The molecule has 0 bridgehead atoms. The third-order valence-electron chi connectivity index (χ3n) is 1.82. The Labute approximate surface area is 82.7 Å². The summed E-state index contributed by atoms with van der Waals surface area (Å²) in [6, 6.07) is 1.85. The third kappa shape index (κ3) is 2.66. The molecule has 0 heterocycles. The highest BCUT2D eigenvalue weighted by molar-refractivity contribution is 5.34. The van der Waals surface area contributed by atoms with Crippen LogP contribution < -0.4 is 5.73 Å². The largest absolute Gasteiger partial charge is 0.407 e. The van der Waals surface area contributed by atoms with E-state index < -0.39 is 17.1 Å². The van der Waals surface area contributed by atoms with Crippen LogP contribution in [0.1, 0.15) is 11.6 Å². The van der Waals surface area contributed by atoms with Crippen molar-refractivity contribution in [3.8, 4) is 0 Å². The van der Waals surface area contributed by atoms with Gasteiger partial charge in [-0.25, -0.2) is 0 Å². The Morgan fingerprint density at radius 3 is 2.07 bits per heavy atom. The Balaban J connectivity index is 2.94. The van der Waals surface area contributed by atoms with E-state index in [1.807, 2.05) is 0 Å². The van der Waals surface area contributed by atoms with Crippen LogP contribution in [0.2, 0.25) is 0 Å². The fourth-order valence-electron chi connectivity index (χ4n) is 0.992. The van der Waals surface area contributed by atoms with Gasteiger partial charge in [0.2, 0.25) is 0 Å². The van der Waals surface area contributed by atoms with Gasteiger partial charge in [0.05, 0.1) is 4.92 Å². The van der Waals surface area contributed by atoms with Gasteiger partial charge in [-0.2, -0.15) is 13.2 Å². The number of hydrogen-bond donors (Lipinski definition) is 1. The molecule has 0 saturated heterocycles. The highest BCUT2D eigenvalue weighted by Gasteiger charge is 2.37. The van der Waals surface area contributed by atoms with Crippen LogP contribution in [-0.2, 0) is 0 Å². The van der Waals surface area contributed by atoms with Gasteiger partial charge in [-0.1, -0.05) is 12.1 Å². The first-order valence-corrected chi connectivity index (χ1v) is 3.89. The van der Waals surface area contributed by atoms with Crippen LogP contribution in [0.25, 0.3) is 0 Å². The van der Waals surface area contributed by atoms with E-state index in [1.165, 1.54) is 0 Å². The summed E-state index contributed by atoms with van der Waals surface area (Å²) >= 11 is 0. The summed E-state index contributed by atoms with van der Waals surface area (Å²) < 4.78 is 36.4. The number of alkyl halides is 3. The summed E-state index contributed by atoms with van der Waals surface area (Å²) in [5.74, 6) is 0. The maximum Gasteiger partial charge on any atom is 0.407 e. The van der Waals surface area contributed by atoms with Gasteiger partial charge in [0.1, 0.15) is 6.04 Å². The van der Waals surface area contributed by atoms with Gasteiger partial charge < -0.3 is 5.73 Å². The topological polar surface area (TPSA) is 69.2 Å². The average Bonchev–Trinajstić information content (AvgIpc) is 2.15. The molecule has 0 aliphatic carbocycles. The molecule has 82 valence electrons. The normalized spacial score (nSPS) is 13.6. The first kappa shape index (κ1) is 11.4. The second-order valence-corrected chi connectivity index (χ2v) is 2.87. The molecule has 4 nitrogen and oxygen atoms in total. The summed E-state index contributed by atoms with van der Waals surface area (Å²) in [6.07, 6.45) is -4.55. The quantitative estimate of drug-likeness (QED) is 0.613. The molecule has 0 unspecified atom stereocenters. The van der Waals surface area contributed by atoms with E-state index >= 15 is 0 Å². The molecule has 1 aromatic carbocycles. The van der Waals surface area contributed by atoms with Crippen molar-refractivity contribution in [3.05, 3.63) is 39.9 Å². The lowest BCUT2D eigenvalue weighted by Crippen LogP contribution is -2.28. The SMILES string of the molecule is N[C@@H](c1ccc([N+](=O)[O-])cc1)C(F)(F)F. The van der Waals surface area contributed by atoms with Crippen molar-refractivity contribution in [1.82, 2.24) is 0 Å². The van der Waals surface area contributed by atoms with Gasteiger partial charge in [-0.3, -0.25) is 10.1 Å². The minimum Gasteiger partial charge on any atom is -0.316 e. The molecule has 2 N–H and O–H groups in total. The van der Waals surface area contributed by atoms with Crippen molar-refractivity contribution in [1.29, 1.82) is 0 Å². The first-order valence-electron chi connectivity index (χ1n) is 3.89. The molecule has 0 aliphatic rings. The Morgan fingerprint density at radius 1 is 1.27 bits per heavy atom. The molecule has 1 atom stereocenters. The zero-order valence-electron chi connectivity index (χ0n) is 7.36. The Bertz CT molecular complexity index is 361. The molecule has 0 radical (unpaired) electrons. The highest BCUT2D eigenvalue weighted by atomic mass is 19.4. The zero-order valence-corrected chi connectivity index (χ0v) is 7.36. The van der Waals surface area contributed by atoms with Crippen LogP contribution in [0.3, 0.4) is 0 Å². The van der Waals surface area contributed by atoms with Gasteiger partial charge in [0, 0.05) is 12.1 Å². The van der Waals surface area contributed by atoms with E-state index in [-0.39, 0.29) is 11.3 Å². The maximum atomic E-state index is 12.1. The first-order chi connectivity index (χ1) is 6.82. The van der Waals surface area contributed by atoms with Crippen LogP contribution >= 0.6 is 0 Å². The molecule has 0 saturated carbocycles. The number of benzene rings is 1. The number of non-ortho nitro benzene ring substituents is 1. The smallest absolute Gasteiger partial charge is 0.316 e. The van der Waals surface area contributed by atoms with Gasteiger partial charge in [0.15, 0.2) is 0 Å². The second-order valence-electron chi connectivity index (χ2n) is 2.87. The number of halogens is 3. The molecule has 1 aromatic rings. The number of nitro groups is 1. The van der Waals surface area contributed by atoms with Crippen molar-refractivity contribution < 1.29 is 18.1 Å². The monoisotopic (exact) mass is 220 g/mol. The third-order valence-corrected chi connectivity index (χ3v) is 1.82. The molecule has 0 aromatic heterocycles. The van der Waals surface area contributed by atoms with Crippen molar-refractivity contribution in [2.45, 2.75) is 12.2 Å². The molecule has 0 fully saturated rings. The number of rotatable bonds is 2. The lowest BCUT2D eigenvalue weighted by molar-refractivity contribution is -0.384. The van der Waals surface area contributed by atoms with Crippen LogP contribution in [0, 0.1) is 10.1 Å². The van der Waals surface area contributed by atoms with Gasteiger partial charge in [-0.05, 0) is 5.56 Å². The number of nitro benzene ring substituents is 1. The van der Waals surface area contributed by atoms with Crippen LogP contribution in [0.15, 0.2) is 24.3 Å². The highest BCUT2D eigenvalue weighted by Crippen LogP contribution is 2.30. The van der Waals surface area contributed by atoms with E-state index in [0.29, 0.717) is 0 Å². The number of nitrogens with zero attached hydrogens (tertiary/aromatic N) is 1. The number of hydrogen-bond acceptors (Lipinski definition) is 3. The Hall–Kier alpha value is -1.63. The fraction of sp³-hybridized carbons (Fsp3) is 0.250. The van der Waals surface area contributed by atoms with E-state index in [2.05, 4.69) is 0 Å². The summed E-state index contributed by atoms with van der Waals surface area (Å²) in [6.45, 7) is 0. The molecule has 1 rings (SSSR count). The molecule has 0 spiro atoms. The van der Waals surface area contributed by atoms with E-state index in [1.54, 1.807) is 0 Å². The summed E-state index contributed by atoms with van der Waals surface area (Å²) in [5.41, 5.74) is 4.43.